The molecule has 2 unspecified atom stereocenters. The summed E-state index contributed by atoms with van der Waals surface area (Å²) in [5, 5.41) is 0.655. The standard InChI is InChI=1S/C21H23N3O3S2/c1-29(25,26)24-14-16-12-17(24)13-23(16)11-10-15-6-8-18(9-7-15)27-21-22-19-4-2-3-5-20(19)28-21/h2-9,16-17H,10-14H2,1H3. The Hall–Kier alpha value is -2.00. The number of thiazole rings is 1. The summed E-state index contributed by atoms with van der Waals surface area (Å²) in [5.74, 6) is 0.789. The molecule has 8 heteroatoms. The number of aromatic nitrogens is 1. The fraction of sp³-hybridized carbons (Fsp3) is 0.381. The van der Waals surface area contributed by atoms with Crippen LogP contribution >= 0.6 is 11.3 Å². The van der Waals surface area contributed by atoms with Crippen LogP contribution in [0.3, 0.4) is 0 Å². The molecule has 0 N–H and O–H groups in total. The van der Waals surface area contributed by atoms with Crippen LogP contribution in [0, 0.1) is 0 Å². The zero-order valence-electron chi connectivity index (χ0n) is 16.2. The topological polar surface area (TPSA) is 62.7 Å². The van der Waals surface area contributed by atoms with Crippen LogP contribution < -0.4 is 4.74 Å². The van der Waals surface area contributed by atoms with E-state index in [2.05, 4.69) is 22.0 Å². The number of nitrogens with zero attached hydrogens (tertiary/aromatic N) is 3. The molecule has 2 fully saturated rings. The number of piperazine rings is 1. The predicted molar refractivity (Wildman–Crippen MR) is 115 cm³/mol. The van der Waals surface area contributed by atoms with Crippen LogP contribution in [0.1, 0.15) is 12.0 Å². The third-order valence-corrected chi connectivity index (χ3v) is 8.03. The molecule has 3 aromatic rings. The van der Waals surface area contributed by atoms with Crippen molar-refractivity contribution in [3.8, 4) is 10.9 Å². The Morgan fingerprint density at radius 2 is 1.90 bits per heavy atom. The van der Waals surface area contributed by atoms with Gasteiger partial charge >= 0.3 is 0 Å². The highest BCUT2D eigenvalue weighted by molar-refractivity contribution is 7.88. The summed E-state index contributed by atoms with van der Waals surface area (Å²) in [4.78, 5) is 6.94. The fourth-order valence-corrected chi connectivity index (χ4v) is 6.36. The first-order valence-corrected chi connectivity index (χ1v) is 12.5. The second-order valence-corrected chi connectivity index (χ2v) is 10.7. The van der Waals surface area contributed by atoms with Gasteiger partial charge in [0.1, 0.15) is 5.75 Å². The molecule has 152 valence electrons. The zero-order valence-corrected chi connectivity index (χ0v) is 17.8. The minimum absolute atomic E-state index is 0.152. The van der Waals surface area contributed by atoms with E-state index in [0.29, 0.717) is 17.8 Å². The van der Waals surface area contributed by atoms with Crippen molar-refractivity contribution in [1.29, 1.82) is 0 Å². The van der Waals surface area contributed by atoms with Crippen molar-refractivity contribution in [2.45, 2.75) is 24.9 Å². The lowest BCUT2D eigenvalue weighted by Gasteiger charge is -2.32. The summed E-state index contributed by atoms with van der Waals surface area (Å²) in [6.07, 6.45) is 3.22. The summed E-state index contributed by atoms with van der Waals surface area (Å²) in [7, 11) is -3.07. The van der Waals surface area contributed by atoms with Gasteiger partial charge in [-0.1, -0.05) is 35.6 Å². The molecule has 29 heavy (non-hydrogen) atoms. The van der Waals surface area contributed by atoms with E-state index in [-0.39, 0.29) is 6.04 Å². The van der Waals surface area contributed by atoms with Crippen molar-refractivity contribution in [3.05, 3.63) is 54.1 Å². The molecule has 2 aliphatic rings. The molecule has 2 bridgehead atoms. The number of rotatable bonds is 6. The van der Waals surface area contributed by atoms with Gasteiger partial charge in [-0.3, -0.25) is 4.90 Å². The Morgan fingerprint density at radius 1 is 1.10 bits per heavy atom. The number of para-hydroxylation sites is 1. The van der Waals surface area contributed by atoms with Gasteiger partial charge in [0.25, 0.3) is 5.19 Å². The van der Waals surface area contributed by atoms with E-state index < -0.39 is 10.0 Å². The Morgan fingerprint density at radius 3 is 2.59 bits per heavy atom. The third kappa shape index (κ3) is 3.90. The summed E-state index contributed by atoms with van der Waals surface area (Å²) < 4.78 is 32.3. The van der Waals surface area contributed by atoms with Crippen LogP contribution in [-0.2, 0) is 16.4 Å². The highest BCUT2D eigenvalue weighted by Gasteiger charge is 2.46. The maximum absolute atomic E-state index is 11.8. The largest absolute Gasteiger partial charge is 0.431 e. The van der Waals surface area contributed by atoms with Crippen LogP contribution in [0.25, 0.3) is 10.2 Å². The van der Waals surface area contributed by atoms with Gasteiger partial charge in [0.15, 0.2) is 0 Å². The number of likely N-dealkylation sites (tertiary alicyclic amines) is 1. The summed E-state index contributed by atoms with van der Waals surface area (Å²) in [5.41, 5.74) is 2.21. The van der Waals surface area contributed by atoms with Crippen molar-refractivity contribution in [3.63, 3.8) is 0 Å². The molecule has 1 aromatic heterocycles. The number of sulfonamides is 1. The molecule has 0 saturated carbocycles. The van der Waals surface area contributed by atoms with Gasteiger partial charge in [0, 0.05) is 31.7 Å². The summed E-state index contributed by atoms with van der Waals surface area (Å²) in [6.45, 7) is 2.44. The summed E-state index contributed by atoms with van der Waals surface area (Å²) in [6, 6.07) is 16.7. The van der Waals surface area contributed by atoms with Gasteiger partial charge < -0.3 is 4.74 Å². The Balaban J connectivity index is 1.17. The first-order valence-electron chi connectivity index (χ1n) is 9.79. The molecule has 0 aliphatic carbocycles. The average molecular weight is 430 g/mol. The Bertz CT molecular complexity index is 1090. The monoisotopic (exact) mass is 429 g/mol. The first kappa shape index (κ1) is 19.0. The lowest BCUT2D eigenvalue weighted by atomic mass is 10.1. The van der Waals surface area contributed by atoms with Gasteiger partial charge in [0.2, 0.25) is 10.0 Å². The molecule has 3 heterocycles. The van der Waals surface area contributed by atoms with E-state index in [1.807, 2.05) is 36.4 Å². The van der Waals surface area contributed by atoms with E-state index in [4.69, 9.17) is 4.74 Å². The molecule has 2 saturated heterocycles. The highest BCUT2D eigenvalue weighted by Crippen LogP contribution is 2.33. The van der Waals surface area contributed by atoms with Crippen molar-refractivity contribution in [2.24, 2.45) is 0 Å². The van der Waals surface area contributed by atoms with E-state index in [0.717, 1.165) is 41.9 Å². The number of ether oxygens (including phenoxy) is 1. The van der Waals surface area contributed by atoms with Crippen LogP contribution in [0.5, 0.6) is 10.9 Å². The lowest BCUT2D eigenvalue weighted by Crippen LogP contribution is -2.48. The molecular weight excluding hydrogens is 406 g/mol. The van der Waals surface area contributed by atoms with E-state index in [1.54, 1.807) is 15.6 Å². The average Bonchev–Trinajstić information content (AvgIpc) is 3.40. The number of benzene rings is 2. The quantitative estimate of drug-likeness (QED) is 0.601. The van der Waals surface area contributed by atoms with Crippen LogP contribution in [0.15, 0.2) is 48.5 Å². The molecular formula is C21H23N3O3S2. The SMILES string of the molecule is CS(=O)(=O)N1CC2CC1CN2CCc1ccc(Oc2nc3ccccc3s2)cc1. The second kappa shape index (κ2) is 7.36. The minimum atomic E-state index is -3.07. The fourth-order valence-electron chi connectivity index (χ4n) is 4.39. The van der Waals surface area contributed by atoms with Crippen LogP contribution in [0.4, 0.5) is 0 Å². The van der Waals surface area contributed by atoms with Crippen LogP contribution in [0.2, 0.25) is 0 Å². The molecule has 2 aromatic carbocycles. The molecule has 0 amide bonds. The van der Waals surface area contributed by atoms with Crippen molar-refractivity contribution < 1.29 is 13.2 Å². The van der Waals surface area contributed by atoms with Crippen molar-refractivity contribution >= 4 is 31.6 Å². The second-order valence-electron chi connectivity index (χ2n) is 7.81. The number of fused-ring (bicyclic) bond motifs is 3. The zero-order chi connectivity index (χ0) is 20.0. The van der Waals surface area contributed by atoms with Crippen LogP contribution in [-0.4, -0.2) is 60.6 Å². The normalized spacial score (nSPS) is 22.5. The van der Waals surface area contributed by atoms with E-state index >= 15 is 0 Å². The number of hydrogen-bond donors (Lipinski definition) is 0. The molecule has 0 radical (unpaired) electrons. The minimum Gasteiger partial charge on any atom is -0.431 e. The van der Waals surface area contributed by atoms with Gasteiger partial charge in [-0.15, -0.1) is 0 Å². The number of hydrogen-bond acceptors (Lipinski definition) is 6. The lowest BCUT2D eigenvalue weighted by molar-refractivity contribution is 0.184. The summed E-state index contributed by atoms with van der Waals surface area (Å²) >= 11 is 1.55. The maximum atomic E-state index is 11.8. The van der Waals surface area contributed by atoms with Gasteiger partial charge in [0.05, 0.1) is 16.5 Å². The Kier molecular flexibility index (Phi) is 4.82. The van der Waals surface area contributed by atoms with E-state index in [1.165, 1.54) is 11.8 Å². The van der Waals surface area contributed by atoms with Gasteiger partial charge in [-0.2, -0.15) is 4.31 Å². The van der Waals surface area contributed by atoms with E-state index in [9.17, 15) is 8.42 Å². The molecule has 2 aliphatic heterocycles. The highest BCUT2D eigenvalue weighted by atomic mass is 32.2. The molecule has 2 atom stereocenters. The third-order valence-electron chi connectivity index (χ3n) is 5.82. The Labute approximate surface area is 174 Å². The van der Waals surface area contributed by atoms with Gasteiger partial charge in [-0.25, -0.2) is 13.4 Å². The van der Waals surface area contributed by atoms with Crippen molar-refractivity contribution in [2.75, 3.05) is 25.9 Å². The van der Waals surface area contributed by atoms with Gasteiger partial charge in [-0.05, 0) is 42.7 Å². The molecule has 5 rings (SSSR count). The predicted octanol–water partition coefficient (Wildman–Crippen LogP) is 3.35. The maximum Gasteiger partial charge on any atom is 0.279 e. The molecule has 6 nitrogen and oxygen atoms in total. The molecule has 0 spiro atoms. The smallest absolute Gasteiger partial charge is 0.279 e. The van der Waals surface area contributed by atoms with Crippen molar-refractivity contribution in [1.82, 2.24) is 14.2 Å². The first-order chi connectivity index (χ1) is 14.0.